The van der Waals surface area contributed by atoms with E-state index in [0.717, 1.165) is 9.84 Å². The van der Waals surface area contributed by atoms with Crippen molar-refractivity contribution < 1.29 is 14.3 Å². The highest BCUT2D eigenvalue weighted by Gasteiger charge is 2.19. The molecule has 6 nitrogen and oxygen atoms in total. The maximum Gasteiger partial charge on any atom is 0.307 e. The Morgan fingerprint density at radius 1 is 1.44 bits per heavy atom. The van der Waals surface area contributed by atoms with Crippen molar-refractivity contribution in [2.24, 2.45) is 0 Å². The Labute approximate surface area is 156 Å². The monoisotopic (exact) mass is 395 g/mol. The Kier molecular flexibility index (Phi) is 5.52. The molecule has 130 valence electrons. The third kappa shape index (κ3) is 4.09. The van der Waals surface area contributed by atoms with Crippen molar-refractivity contribution in [1.82, 2.24) is 14.7 Å². The minimum Gasteiger partial charge on any atom is -0.469 e. The third-order valence-corrected chi connectivity index (χ3v) is 5.47. The van der Waals surface area contributed by atoms with Gasteiger partial charge >= 0.3 is 5.97 Å². The number of thiophene rings is 1. The van der Waals surface area contributed by atoms with Crippen molar-refractivity contribution in [2.45, 2.75) is 12.5 Å². The number of halogens is 1. The number of fused-ring (bicyclic) bond motifs is 1. The van der Waals surface area contributed by atoms with Gasteiger partial charge in [-0.3, -0.25) is 14.0 Å². The van der Waals surface area contributed by atoms with Crippen molar-refractivity contribution in [3.05, 3.63) is 50.9 Å². The zero-order chi connectivity index (χ0) is 17.8. The average molecular weight is 396 g/mol. The van der Waals surface area contributed by atoms with Gasteiger partial charge in [0.1, 0.15) is 0 Å². The van der Waals surface area contributed by atoms with Crippen molar-refractivity contribution >= 4 is 57.2 Å². The van der Waals surface area contributed by atoms with Gasteiger partial charge in [0, 0.05) is 22.5 Å². The predicted octanol–water partition coefficient (Wildman–Crippen LogP) is 3.54. The van der Waals surface area contributed by atoms with E-state index >= 15 is 0 Å². The molecule has 25 heavy (non-hydrogen) atoms. The number of aromatic nitrogens is 2. The van der Waals surface area contributed by atoms with E-state index in [-0.39, 0.29) is 18.3 Å². The summed E-state index contributed by atoms with van der Waals surface area (Å²) in [6.45, 7) is 0. The van der Waals surface area contributed by atoms with Crippen LogP contribution in [0.2, 0.25) is 5.15 Å². The van der Waals surface area contributed by atoms with Crippen LogP contribution in [0.1, 0.15) is 23.0 Å². The van der Waals surface area contributed by atoms with Crippen molar-refractivity contribution in [1.29, 1.82) is 0 Å². The van der Waals surface area contributed by atoms with Gasteiger partial charge in [-0.15, -0.1) is 22.7 Å². The van der Waals surface area contributed by atoms with Crippen molar-refractivity contribution in [3.8, 4) is 0 Å². The molecule has 0 aliphatic rings. The maximum absolute atomic E-state index is 12.3. The summed E-state index contributed by atoms with van der Waals surface area (Å²) in [5.41, 5.74) is 0.633. The summed E-state index contributed by atoms with van der Waals surface area (Å²) in [6.07, 6.45) is 4.89. The van der Waals surface area contributed by atoms with Crippen LogP contribution in [0.15, 0.2) is 35.2 Å². The molecule has 0 aliphatic heterocycles. The Morgan fingerprint density at radius 2 is 2.28 bits per heavy atom. The zero-order valence-corrected chi connectivity index (χ0v) is 15.5. The summed E-state index contributed by atoms with van der Waals surface area (Å²) in [5.74, 6) is -0.718. The van der Waals surface area contributed by atoms with Gasteiger partial charge in [0.05, 0.1) is 25.3 Å². The molecule has 3 aromatic rings. The number of nitrogens with one attached hydrogen (secondary N) is 1. The second-order valence-electron chi connectivity index (χ2n) is 5.03. The molecule has 0 saturated heterocycles. The molecule has 0 saturated carbocycles. The number of imidazole rings is 1. The third-order valence-electron chi connectivity index (χ3n) is 3.45. The highest BCUT2D eigenvalue weighted by atomic mass is 35.5. The average Bonchev–Trinajstić information content (AvgIpc) is 3.30. The fourth-order valence-corrected chi connectivity index (χ4v) is 4.05. The van der Waals surface area contributed by atoms with E-state index in [0.29, 0.717) is 10.8 Å². The van der Waals surface area contributed by atoms with E-state index in [2.05, 4.69) is 10.3 Å². The molecule has 9 heteroatoms. The molecule has 0 aliphatic carbocycles. The first-order chi connectivity index (χ1) is 12.1. The van der Waals surface area contributed by atoms with Gasteiger partial charge in [-0.05, 0) is 17.5 Å². The van der Waals surface area contributed by atoms with Crippen LogP contribution in [0.25, 0.3) is 11.0 Å². The minimum atomic E-state index is -0.438. The van der Waals surface area contributed by atoms with Gasteiger partial charge in [-0.25, -0.2) is 4.98 Å². The highest BCUT2D eigenvalue weighted by molar-refractivity contribution is 7.15. The van der Waals surface area contributed by atoms with E-state index in [1.165, 1.54) is 35.9 Å². The highest BCUT2D eigenvalue weighted by Crippen LogP contribution is 2.24. The number of methoxy groups -OCH3 is 1. The number of hydrogen-bond acceptors (Lipinski definition) is 6. The zero-order valence-electron chi connectivity index (χ0n) is 13.1. The number of hydrogen-bond donors (Lipinski definition) is 1. The van der Waals surface area contributed by atoms with E-state index in [4.69, 9.17) is 16.3 Å². The van der Waals surface area contributed by atoms with Crippen molar-refractivity contribution in [3.63, 3.8) is 0 Å². The molecule has 1 atom stereocenters. The summed E-state index contributed by atoms with van der Waals surface area (Å²) in [7, 11) is 1.32. The van der Waals surface area contributed by atoms with Crippen molar-refractivity contribution in [2.75, 3.05) is 7.11 Å². The largest absolute Gasteiger partial charge is 0.469 e. The fraction of sp³-hybridized carbons (Fsp3) is 0.188. The van der Waals surface area contributed by atoms with Gasteiger partial charge in [-0.1, -0.05) is 17.7 Å². The molecule has 0 radical (unpaired) electrons. The molecule has 0 fully saturated rings. The van der Waals surface area contributed by atoms with Crippen LogP contribution in [-0.4, -0.2) is 28.4 Å². The van der Waals surface area contributed by atoms with Crippen LogP contribution in [0, 0.1) is 0 Å². The molecular formula is C16H14ClN3O3S2. The van der Waals surface area contributed by atoms with Gasteiger partial charge in [0.15, 0.2) is 10.1 Å². The Balaban J connectivity index is 1.74. The van der Waals surface area contributed by atoms with E-state index in [1.54, 1.807) is 6.08 Å². The molecule has 3 rings (SSSR count). The molecule has 0 spiro atoms. The number of ether oxygens (including phenoxy) is 1. The SMILES string of the molecule is COC(=O)CC(NC(=O)/C=C/c1c(Cl)nc2sccn12)c1cccs1. The summed E-state index contributed by atoms with van der Waals surface area (Å²) in [6, 6.07) is 3.29. The molecule has 1 N–H and O–H groups in total. The number of amides is 1. The lowest BCUT2D eigenvalue weighted by atomic mass is 10.1. The predicted molar refractivity (Wildman–Crippen MR) is 98.9 cm³/mol. The van der Waals surface area contributed by atoms with Crippen LogP contribution in [0.3, 0.4) is 0 Å². The first kappa shape index (κ1) is 17.7. The summed E-state index contributed by atoms with van der Waals surface area (Å²) in [5, 5.41) is 6.93. The maximum atomic E-state index is 12.3. The van der Waals surface area contributed by atoms with Crippen LogP contribution in [0.4, 0.5) is 0 Å². The molecular weight excluding hydrogens is 382 g/mol. The molecule has 0 bridgehead atoms. The van der Waals surface area contributed by atoms with Crippen LogP contribution >= 0.6 is 34.3 Å². The van der Waals surface area contributed by atoms with Gasteiger partial charge in [0.25, 0.3) is 0 Å². The summed E-state index contributed by atoms with van der Waals surface area (Å²) in [4.78, 5) is 29.7. The van der Waals surface area contributed by atoms with Crippen LogP contribution < -0.4 is 5.32 Å². The van der Waals surface area contributed by atoms with E-state index in [9.17, 15) is 9.59 Å². The van der Waals surface area contributed by atoms with E-state index in [1.807, 2.05) is 33.5 Å². The number of carbonyl (C=O) groups excluding carboxylic acids is 2. The second kappa shape index (κ2) is 7.81. The second-order valence-corrected chi connectivity index (χ2v) is 7.24. The lowest BCUT2D eigenvalue weighted by Gasteiger charge is -2.15. The first-order valence-corrected chi connectivity index (χ1v) is 9.42. The number of rotatable bonds is 6. The van der Waals surface area contributed by atoms with Gasteiger partial charge in [0.2, 0.25) is 5.91 Å². The Bertz CT molecular complexity index is 915. The fourth-order valence-electron chi connectivity index (χ4n) is 2.26. The number of thiazole rings is 1. The summed E-state index contributed by atoms with van der Waals surface area (Å²) >= 11 is 9.02. The smallest absolute Gasteiger partial charge is 0.307 e. The van der Waals surface area contributed by atoms with E-state index < -0.39 is 6.04 Å². The number of carbonyl (C=O) groups is 2. The molecule has 3 heterocycles. The minimum absolute atomic E-state index is 0.0683. The quantitative estimate of drug-likeness (QED) is 0.511. The topological polar surface area (TPSA) is 72.7 Å². The first-order valence-electron chi connectivity index (χ1n) is 7.28. The Hall–Kier alpha value is -2.16. The van der Waals surface area contributed by atoms with Gasteiger partial charge in [-0.2, -0.15) is 0 Å². The molecule has 1 amide bonds. The lowest BCUT2D eigenvalue weighted by Crippen LogP contribution is -2.28. The van der Waals surface area contributed by atoms with Crippen LogP contribution in [-0.2, 0) is 14.3 Å². The summed E-state index contributed by atoms with van der Waals surface area (Å²) < 4.78 is 6.51. The number of nitrogens with zero attached hydrogens (tertiary/aromatic N) is 2. The molecule has 0 aromatic carbocycles. The lowest BCUT2D eigenvalue weighted by molar-refractivity contribution is -0.141. The molecule has 3 aromatic heterocycles. The number of esters is 1. The van der Waals surface area contributed by atoms with Crippen LogP contribution in [0.5, 0.6) is 0 Å². The normalized spacial score (nSPS) is 12.6. The Morgan fingerprint density at radius 3 is 3.00 bits per heavy atom. The standard InChI is InChI=1S/C16H14ClN3O3S2/c1-23-14(22)9-10(12-3-2-7-24-12)18-13(21)5-4-11-15(17)19-16-20(11)6-8-25-16/h2-8,10H,9H2,1H3,(H,18,21)/b5-4+. The van der Waals surface area contributed by atoms with Gasteiger partial charge < -0.3 is 10.1 Å². The molecule has 1 unspecified atom stereocenters.